The monoisotopic (exact) mass is 258 g/mol. The highest BCUT2D eigenvalue weighted by molar-refractivity contribution is 5.34. The number of hydrogen-bond acceptors (Lipinski definition) is 3. The summed E-state index contributed by atoms with van der Waals surface area (Å²) in [6.45, 7) is 3.21. The van der Waals surface area contributed by atoms with Gasteiger partial charge in [-0.1, -0.05) is 6.07 Å². The lowest BCUT2D eigenvalue weighted by Crippen LogP contribution is -2.17. The second kappa shape index (κ2) is 5.68. The third kappa shape index (κ3) is 3.43. The first-order chi connectivity index (χ1) is 9.08. The van der Waals surface area contributed by atoms with Crippen molar-refractivity contribution >= 4 is 0 Å². The van der Waals surface area contributed by atoms with E-state index in [-0.39, 0.29) is 5.56 Å². The number of nitrogens with zero attached hydrogens (tertiary/aromatic N) is 2. The molecule has 1 aromatic heterocycles. The molecule has 4 heteroatoms. The van der Waals surface area contributed by atoms with Crippen LogP contribution >= 0.6 is 0 Å². The minimum atomic E-state index is -0.476. The molecule has 0 aliphatic carbocycles. The fourth-order valence-electron chi connectivity index (χ4n) is 1.96. The summed E-state index contributed by atoms with van der Waals surface area (Å²) >= 11 is 0. The Hall–Kier alpha value is -2.12. The van der Waals surface area contributed by atoms with Gasteiger partial charge in [-0.2, -0.15) is 5.26 Å². The lowest BCUT2D eigenvalue weighted by atomic mass is 10.1. The molecule has 0 amide bonds. The number of hydrogen-bond donors (Lipinski definition) is 0. The minimum Gasteiger partial charge on any atom is -0.465 e. The molecule has 0 unspecified atom stereocenters. The van der Waals surface area contributed by atoms with E-state index in [9.17, 15) is 4.39 Å². The third-order valence-electron chi connectivity index (χ3n) is 2.83. The van der Waals surface area contributed by atoms with Crippen LogP contribution in [0.5, 0.6) is 0 Å². The number of halogens is 1. The molecule has 0 atom stereocenters. The Morgan fingerprint density at radius 1 is 1.26 bits per heavy atom. The normalized spacial score (nSPS) is 10.7. The van der Waals surface area contributed by atoms with Crippen molar-refractivity contribution in [1.82, 2.24) is 4.90 Å². The summed E-state index contributed by atoms with van der Waals surface area (Å²) < 4.78 is 18.7. The van der Waals surface area contributed by atoms with Crippen molar-refractivity contribution in [1.29, 1.82) is 5.26 Å². The number of aryl methyl sites for hydroxylation is 1. The maximum absolute atomic E-state index is 13.2. The summed E-state index contributed by atoms with van der Waals surface area (Å²) in [6, 6.07) is 10.3. The van der Waals surface area contributed by atoms with Gasteiger partial charge in [-0.15, -0.1) is 0 Å². The molecular formula is C15H15FN2O. The van der Waals surface area contributed by atoms with Gasteiger partial charge < -0.3 is 4.42 Å². The van der Waals surface area contributed by atoms with Gasteiger partial charge in [0.25, 0.3) is 0 Å². The zero-order valence-corrected chi connectivity index (χ0v) is 11.0. The topological polar surface area (TPSA) is 40.2 Å². The van der Waals surface area contributed by atoms with E-state index in [4.69, 9.17) is 9.68 Å². The second-order valence-electron chi connectivity index (χ2n) is 4.61. The molecule has 1 heterocycles. The van der Waals surface area contributed by atoms with Crippen molar-refractivity contribution < 1.29 is 8.81 Å². The van der Waals surface area contributed by atoms with Gasteiger partial charge in [0.15, 0.2) is 0 Å². The Balaban J connectivity index is 2.03. The Kier molecular flexibility index (Phi) is 3.98. The lowest BCUT2D eigenvalue weighted by Gasteiger charge is -2.15. The van der Waals surface area contributed by atoms with Gasteiger partial charge in [0.1, 0.15) is 23.4 Å². The standard InChI is InChI=1S/C15H15FN2O/c1-11-3-5-14(19-11)10-18(2)9-12-4-6-15(16)13(7-12)8-17/h3-7H,9-10H2,1-2H3. The first kappa shape index (κ1) is 13.3. The van der Waals surface area contributed by atoms with E-state index in [1.165, 1.54) is 6.07 Å². The van der Waals surface area contributed by atoms with Crippen molar-refractivity contribution in [3.05, 3.63) is 58.8 Å². The lowest BCUT2D eigenvalue weighted by molar-refractivity contribution is 0.285. The molecule has 0 saturated heterocycles. The molecule has 0 bridgehead atoms. The summed E-state index contributed by atoms with van der Waals surface area (Å²) in [5, 5.41) is 8.80. The largest absolute Gasteiger partial charge is 0.465 e. The second-order valence-corrected chi connectivity index (χ2v) is 4.61. The SMILES string of the molecule is Cc1ccc(CN(C)Cc2ccc(F)c(C#N)c2)o1. The average molecular weight is 258 g/mol. The Labute approximate surface area is 111 Å². The molecule has 0 radical (unpaired) electrons. The Morgan fingerprint density at radius 3 is 2.68 bits per heavy atom. The quantitative estimate of drug-likeness (QED) is 0.845. The van der Waals surface area contributed by atoms with Crippen LogP contribution in [-0.2, 0) is 13.1 Å². The molecule has 0 aliphatic heterocycles. The van der Waals surface area contributed by atoms with Crippen LogP contribution < -0.4 is 0 Å². The molecular weight excluding hydrogens is 243 g/mol. The van der Waals surface area contributed by atoms with E-state index in [1.807, 2.05) is 37.1 Å². The van der Waals surface area contributed by atoms with Crippen molar-refractivity contribution in [3.63, 3.8) is 0 Å². The van der Waals surface area contributed by atoms with Gasteiger partial charge in [-0.3, -0.25) is 4.90 Å². The molecule has 3 nitrogen and oxygen atoms in total. The van der Waals surface area contributed by atoms with Gasteiger partial charge >= 0.3 is 0 Å². The highest BCUT2D eigenvalue weighted by Crippen LogP contribution is 2.14. The first-order valence-electron chi connectivity index (χ1n) is 6.01. The summed E-state index contributed by atoms with van der Waals surface area (Å²) in [6.07, 6.45) is 0. The highest BCUT2D eigenvalue weighted by Gasteiger charge is 2.07. The summed E-state index contributed by atoms with van der Waals surface area (Å²) in [5.74, 6) is 1.30. The van der Waals surface area contributed by atoms with Crippen molar-refractivity contribution in [3.8, 4) is 6.07 Å². The summed E-state index contributed by atoms with van der Waals surface area (Å²) in [4.78, 5) is 2.05. The highest BCUT2D eigenvalue weighted by atomic mass is 19.1. The van der Waals surface area contributed by atoms with Gasteiger partial charge in [-0.25, -0.2) is 4.39 Å². The molecule has 2 aromatic rings. The Bertz CT molecular complexity index is 613. The van der Waals surface area contributed by atoms with Crippen LogP contribution in [0.2, 0.25) is 0 Å². The van der Waals surface area contributed by atoms with Crippen LogP contribution in [0.3, 0.4) is 0 Å². The molecule has 0 aliphatic rings. The maximum atomic E-state index is 13.2. The molecule has 0 spiro atoms. The van der Waals surface area contributed by atoms with Gasteiger partial charge in [0.05, 0.1) is 12.1 Å². The van der Waals surface area contributed by atoms with Crippen molar-refractivity contribution in [2.75, 3.05) is 7.05 Å². The molecule has 2 rings (SSSR count). The molecule has 0 fully saturated rings. The fourth-order valence-corrected chi connectivity index (χ4v) is 1.96. The maximum Gasteiger partial charge on any atom is 0.140 e. The minimum absolute atomic E-state index is 0.0831. The van der Waals surface area contributed by atoms with E-state index < -0.39 is 5.82 Å². The van der Waals surface area contributed by atoms with Crippen LogP contribution in [0.1, 0.15) is 22.6 Å². The van der Waals surface area contributed by atoms with Crippen LogP contribution in [0.25, 0.3) is 0 Å². The summed E-state index contributed by atoms with van der Waals surface area (Å²) in [5.41, 5.74) is 0.989. The predicted molar refractivity (Wildman–Crippen MR) is 69.7 cm³/mol. The first-order valence-corrected chi connectivity index (χ1v) is 6.01. The number of rotatable bonds is 4. The molecule has 98 valence electrons. The van der Waals surface area contributed by atoms with Crippen LogP contribution in [-0.4, -0.2) is 11.9 Å². The number of benzene rings is 1. The van der Waals surface area contributed by atoms with E-state index in [0.717, 1.165) is 17.1 Å². The Morgan fingerprint density at radius 2 is 2.05 bits per heavy atom. The number of nitriles is 1. The molecule has 1 aromatic carbocycles. The summed E-state index contributed by atoms with van der Waals surface area (Å²) in [7, 11) is 1.95. The van der Waals surface area contributed by atoms with E-state index in [0.29, 0.717) is 13.1 Å². The zero-order chi connectivity index (χ0) is 13.8. The van der Waals surface area contributed by atoms with Crippen LogP contribution in [0.4, 0.5) is 4.39 Å². The van der Waals surface area contributed by atoms with Gasteiger partial charge in [-0.05, 0) is 43.8 Å². The number of furan rings is 1. The van der Waals surface area contributed by atoms with Gasteiger partial charge in [0, 0.05) is 6.54 Å². The van der Waals surface area contributed by atoms with Crippen LogP contribution in [0, 0.1) is 24.1 Å². The smallest absolute Gasteiger partial charge is 0.140 e. The van der Waals surface area contributed by atoms with E-state index >= 15 is 0 Å². The van der Waals surface area contributed by atoms with Crippen molar-refractivity contribution in [2.45, 2.75) is 20.0 Å². The predicted octanol–water partition coefficient (Wildman–Crippen LogP) is 3.23. The fraction of sp³-hybridized carbons (Fsp3) is 0.267. The van der Waals surface area contributed by atoms with Crippen LogP contribution in [0.15, 0.2) is 34.7 Å². The van der Waals surface area contributed by atoms with E-state index in [1.54, 1.807) is 12.1 Å². The van der Waals surface area contributed by atoms with Crippen molar-refractivity contribution in [2.24, 2.45) is 0 Å². The van der Waals surface area contributed by atoms with E-state index in [2.05, 4.69) is 0 Å². The molecule has 19 heavy (non-hydrogen) atoms. The third-order valence-corrected chi connectivity index (χ3v) is 2.83. The average Bonchev–Trinajstić information content (AvgIpc) is 2.77. The molecule has 0 N–H and O–H groups in total. The van der Waals surface area contributed by atoms with Gasteiger partial charge in [0.2, 0.25) is 0 Å². The zero-order valence-electron chi connectivity index (χ0n) is 11.0. The molecule has 0 saturated carbocycles.